The summed E-state index contributed by atoms with van der Waals surface area (Å²) >= 11 is 0. The highest BCUT2D eigenvalue weighted by molar-refractivity contribution is 5.46. The van der Waals surface area contributed by atoms with E-state index in [1.54, 1.807) is 18.2 Å². The van der Waals surface area contributed by atoms with Crippen LogP contribution in [0.15, 0.2) is 18.2 Å². The average molecular weight is 303 g/mol. The molecule has 0 unspecified atom stereocenters. The van der Waals surface area contributed by atoms with Gasteiger partial charge in [0, 0.05) is 25.3 Å². The van der Waals surface area contributed by atoms with E-state index >= 15 is 0 Å². The molecular formula is C15H23F2NO3. The second-order valence-corrected chi connectivity index (χ2v) is 4.47. The second kappa shape index (κ2) is 10.3. The fourth-order valence-corrected chi connectivity index (χ4v) is 1.85. The first-order chi connectivity index (χ1) is 10.2. The number of benzene rings is 1. The molecule has 0 saturated carbocycles. The normalized spacial score (nSPS) is 10.9. The fourth-order valence-electron chi connectivity index (χ4n) is 1.85. The van der Waals surface area contributed by atoms with Crippen LogP contribution in [0.1, 0.15) is 25.3 Å². The molecule has 0 atom stereocenters. The molecule has 0 radical (unpaired) electrons. The van der Waals surface area contributed by atoms with Crippen LogP contribution in [-0.4, -0.2) is 33.5 Å². The number of alkyl halides is 2. The molecule has 0 aliphatic heterocycles. The van der Waals surface area contributed by atoms with Gasteiger partial charge < -0.3 is 19.5 Å². The van der Waals surface area contributed by atoms with Crippen molar-refractivity contribution in [3.8, 4) is 11.5 Å². The fraction of sp³-hybridized carbons (Fsp3) is 0.600. The summed E-state index contributed by atoms with van der Waals surface area (Å²) in [6.07, 6.45) is 1.88. The maximum Gasteiger partial charge on any atom is 0.387 e. The van der Waals surface area contributed by atoms with Crippen molar-refractivity contribution >= 4 is 0 Å². The molecule has 0 spiro atoms. The highest BCUT2D eigenvalue weighted by atomic mass is 19.3. The SMILES string of the molecule is CCCOCCCNCc1cccc(OC)c1OC(F)F. The molecule has 1 N–H and O–H groups in total. The molecule has 0 amide bonds. The molecule has 1 aromatic rings. The summed E-state index contributed by atoms with van der Waals surface area (Å²) in [5.41, 5.74) is 0.643. The maximum absolute atomic E-state index is 12.5. The van der Waals surface area contributed by atoms with E-state index in [0.717, 1.165) is 26.0 Å². The Bertz CT molecular complexity index is 403. The molecule has 0 bridgehead atoms. The Balaban J connectivity index is 2.46. The maximum atomic E-state index is 12.5. The van der Waals surface area contributed by atoms with Crippen molar-refractivity contribution in [2.75, 3.05) is 26.9 Å². The minimum absolute atomic E-state index is 0.0877. The van der Waals surface area contributed by atoms with Gasteiger partial charge in [-0.15, -0.1) is 0 Å². The molecular weight excluding hydrogens is 280 g/mol. The van der Waals surface area contributed by atoms with E-state index in [4.69, 9.17) is 9.47 Å². The lowest BCUT2D eigenvalue weighted by Crippen LogP contribution is -2.18. The van der Waals surface area contributed by atoms with Gasteiger partial charge in [0.25, 0.3) is 0 Å². The van der Waals surface area contributed by atoms with Crippen LogP contribution >= 0.6 is 0 Å². The third-order valence-electron chi connectivity index (χ3n) is 2.79. The second-order valence-electron chi connectivity index (χ2n) is 4.47. The summed E-state index contributed by atoms with van der Waals surface area (Å²) in [7, 11) is 1.43. The van der Waals surface area contributed by atoms with Gasteiger partial charge in [0.1, 0.15) is 0 Å². The Morgan fingerprint density at radius 2 is 2.05 bits per heavy atom. The van der Waals surface area contributed by atoms with E-state index in [0.29, 0.717) is 24.5 Å². The van der Waals surface area contributed by atoms with Crippen LogP contribution < -0.4 is 14.8 Å². The van der Waals surface area contributed by atoms with E-state index in [1.807, 2.05) is 0 Å². The summed E-state index contributed by atoms with van der Waals surface area (Å²) in [4.78, 5) is 0. The molecule has 0 saturated heterocycles. The summed E-state index contributed by atoms with van der Waals surface area (Å²) in [6, 6.07) is 5.08. The van der Waals surface area contributed by atoms with Crippen LogP contribution in [0.4, 0.5) is 8.78 Å². The van der Waals surface area contributed by atoms with Gasteiger partial charge in [-0.25, -0.2) is 0 Å². The summed E-state index contributed by atoms with van der Waals surface area (Å²) in [5, 5.41) is 3.18. The first-order valence-electron chi connectivity index (χ1n) is 7.08. The van der Waals surface area contributed by atoms with Crippen LogP contribution in [0.25, 0.3) is 0 Å². The average Bonchev–Trinajstić information content (AvgIpc) is 2.47. The largest absolute Gasteiger partial charge is 0.493 e. The van der Waals surface area contributed by atoms with E-state index < -0.39 is 6.61 Å². The van der Waals surface area contributed by atoms with E-state index in [1.165, 1.54) is 7.11 Å². The highest BCUT2D eigenvalue weighted by Crippen LogP contribution is 2.32. The van der Waals surface area contributed by atoms with Crippen LogP contribution in [-0.2, 0) is 11.3 Å². The van der Waals surface area contributed by atoms with Crippen molar-refractivity contribution in [3.05, 3.63) is 23.8 Å². The van der Waals surface area contributed by atoms with Crippen molar-refractivity contribution in [1.82, 2.24) is 5.32 Å². The monoisotopic (exact) mass is 303 g/mol. The van der Waals surface area contributed by atoms with Crippen LogP contribution in [0, 0.1) is 0 Å². The van der Waals surface area contributed by atoms with Gasteiger partial charge in [-0.05, 0) is 25.5 Å². The molecule has 0 aliphatic rings. The Hall–Kier alpha value is -1.40. The summed E-state index contributed by atoms with van der Waals surface area (Å²) in [6.45, 7) is 1.83. The number of para-hydroxylation sites is 1. The predicted molar refractivity (Wildman–Crippen MR) is 77.1 cm³/mol. The molecule has 1 rings (SSSR count). The number of methoxy groups -OCH3 is 1. The van der Waals surface area contributed by atoms with Gasteiger partial charge in [-0.2, -0.15) is 8.78 Å². The molecule has 0 heterocycles. The van der Waals surface area contributed by atoms with Gasteiger partial charge in [0.05, 0.1) is 7.11 Å². The van der Waals surface area contributed by atoms with Gasteiger partial charge in [-0.1, -0.05) is 19.1 Å². The van der Waals surface area contributed by atoms with E-state index in [2.05, 4.69) is 17.0 Å². The van der Waals surface area contributed by atoms with Crippen molar-refractivity contribution in [1.29, 1.82) is 0 Å². The lowest BCUT2D eigenvalue weighted by Gasteiger charge is -2.14. The number of halogens is 2. The number of nitrogens with one attached hydrogen (secondary N) is 1. The first-order valence-corrected chi connectivity index (χ1v) is 7.08. The molecule has 21 heavy (non-hydrogen) atoms. The topological polar surface area (TPSA) is 39.7 Å². The standard InChI is InChI=1S/C15H23F2NO3/c1-3-9-20-10-5-8-18-11-12-6-4-7-13(19-2)14(12)21-15(16)17/h4,6-7,15,18H,3,5,8-11H2,1-2H3. The van der Waals surface area contributed by atoms with Gasteiger partial charge in [-0.3, -0.25) is 0 Å². The van der Waals surface area contributed by atoms with Crippen molar-refractivity contribution in [3.63, 3.8) is 0 Å². The Morgan fingerprint density at radius 1 is 1.24 bits per heavy atom. The Kier molecular flexibility index (Phi) is 8.69. The molecule has 120 valence electrons. The number of hydrogen-bond acceptors (Lipinski definition) is 4. The lowest BCUT2D eigenvalue weighted by atomic mass is 10.2. The highest BCUT2D eigenvalue weighted by Gasteiger charge is 2.14. The zero-order valence-electron chi connectivity index (χ0n) is 12.5. The third kappa shape index (κ3) is 6.73. The first kappa shape index (κ1) is 17.7. The molecule has 4 nitrogen and oxygen atoms in total. The zero-order valence-corrected chi connectivity index (χ0v) is 12.5. The van der Waals surface area contributed by atoms with Gasteiger partial charge >= 0.3 is 6.61 Å². The molecule has 6 heteroatoms. The van der Waals surface area contributed by atoms with Crippen LogP contribution in [0.3, 0.4) is 0 Å². The molecule has 0 fully saturated rings. The molecule has 0 aromatic heterocycles. The van der Waals surface area contributed by atoms with E-state index in [9.17, 15) is 8.78 Å². The minimum Gasteiger partial charge on any atom is -0.493 e. The van der Waals surface area contributed by atoms with Crippen LogP contribution in [0.2, 0.25) is 0 Å². The third-order valence-corrected chi connectivity index (χ3v) is 2.79. The Morgan fingerprint density at radius 3 is 2.71 bits per heavy atom. The minimum atomic E-state index is -2.87. The van der Waals surface area contributed by atoms with Crippen molar-refractivity contribution in [2.24, 2.45) is 0 Å². The molecule has 0 aliphatic carbocycles. The Labute approximate surface area is 124 Å². The number of rotatable bonds is 11. The van der Waals surface area contributed by atoms with Crippen LogP contribution in [0.5, 0.6) is 11.5 Å². The number of hydrogen-bond donors (Lipinski definition) is 1. The van der Waals surface area contributed by atoms with Gasteiger partial charge in [0.2, 0.25) is 0 Å². The molecule has 1 aromatic carbocycles. The quantitative estimate of drug-likeness (QED) is 0.637. The summed E-state index contributed by atoms with van der Waals surface area (Å²) < 4.78 is 39.9. The summed E-state index contributed by atoms with van der Waals surface area (Å²) in [5.74, 6) is 0.394. The van der Waals surface area contributed by atoms with Gasteiger partial charge in [0.15, 0.2) is 11.5 Å². The van der Waals surface area contributed by atoms with Crippen molar-refractivity contribution in [2.45, 2.75) is 32.9 Å². The zero-order chi connectivity index (χ0) is 15.5. The predicted octanol–water partition coefficient (Wildman–Crippen LogP) is 3.20. The lowest BCUT2D eigenvalue weighted by molar-refractivity contribution is -0.0518. The van der Waals surface area contributed by atoms with E-state index in [-0.39, 0.29) is 5.75 Å². The number of ether oxygens (including phenoxy) is 3. The van der Waals surface area contributed by atoms with Crippen molar-refractivity contribution < 1.29 is 23.0 Å². The smallest absolute Gasteiger partial charge is 0.387 e.